The Morgan fingerprint density at radius 1 is 1.23 bits per heavy atom. The van der Waals surface area contributed by atoms with Gasteiger partial charge < -0.3 is 15.5 Å². The van der Waals surface area contributed by atoms with E-state index in [0.29, 0.717) is 24.5 Å². The van der Waals surface area contributed by atoms with E-state index in [1.807, 2.05) is 26.0 Å². The lowest BCUT2D eigenvalue weighted by molar-refractivity contribution is 0.316. The number of piperidine rings is 1. The Hall–Kier alpha value is -1.14. The van der Waals surface area contributed by atoms with Crippen LogP contribution in [0.15, 0.2) is 23.2 Å². The molecule has 1 aliphatic carbocycles. The number of aromatic nitrogens is 1. The van der Waals surface area contributed by atoms with E-state index in [-0.39, 0.29) is 36.3 Å². The molecule has 0 amide bonds. The number of anilines is 1. The lowest BCUT2D eigenvalue weighted by atomic mass is 9.86. The van der Waals surface area contributed by atoms with E-state index in [4.69, 9.17) is 0 Å². The fraction of sp³-hybridized carbons (Fsp3) is 0.714. The maximum Gasteiger partial charge on any atom is 0.213 e. The Labute approximate surface area is 204 Å². The molecule has 0 atom stereocenters. The number of guanidine groups is 1. The third kappa shape index (κ3) is 8.72. The number of nitrogens with one attached hydrogen (secondary N) is 3. The molecule has 0 spiro atoms. The minimum atomic E-state index is -3.26. The average Bonchev–Trinajstić information content (AvgIpc) is 2.67. The Balaban J connectivity index is 0.00000341. The van der Waals surface area contributed by atoms with E-state index in [2.05, 4.69) is 36.3 Å². The van der Waals surface area contributed by atoms with Gasteiger partial charge >= 0.3 is 0 Å². The number of nitrogens with zero attached hydrogens (tertiary/aromatic N) is 3. The molecule has 0 unspecified atom stereocenters. The van der Waals surface area contributed by atoms with E-state index in [1.165, 1.54) is 6.42 Å². The van der Waals surface area contributed by atoms with Crippen molar-refractivity contribution in [1.29, 1.82) is 0 Å². The van der Waals surface area contributed by atoms with Gasteiger partial charge in [-0.3, -0.25) is 4.99 Å². The molecule has 176 valence electrons. The van der Waals surface area contributed by atoms with Gasteiger partial charge in [0.2, 0.25) is 10.0 Å². The van der Waals surface area contributed by atoms with Crippen LogP contribution >= 0.6 is 24.0 Å². The predicted molar refractivity (Wildman–Crippen MR) is 138 cm³/mol. The summed E-state index contributed by atoms with van der Waals surface area (Å²) >= 11 is 0. The number of pyridine rings is 1. The van der Waals surface area contributed by atoms with Crippen molar-refractivity contribution in [3.63, 3.8) is 0 Å². The van der Waals surface area contributed by atoms with Gasteiger partial charge in [0, 0.05) is 37.9 Å². The highest BCUT2D eigenvalue weighted by molar-refractivity contribution is 14.0. The molecule has 1 aliphatic heterocycles. The zero-order chi connectivity index (χ0) is 21.4. The van der Waals surface area contributed by atoms with Crippen LogP contribution in [0.25, 0.3) is 0 Å². The summed E-state index contributed by atoms with van der Waals surface area (Å²) in [7, 11) is -3.26. The molecule has 3 N–H and O–H groups in total. The van der Waals surface area contributed by atoms with Crippen LogP contribution in [0.3, 0.4) is 0 Å². The summed E-state index contributed by atoms with van der Waals surface area (Å²) < 4.78 is 27.1. The van der Waals surface area contributed by atoms with Crippen LogP contribution in [0.5, 0.6) is 0 Å². The summed E-state index contributed by atoms with van der Waals surface area (Å²) in [6.07, 6.45) is 5.46. The van der Waals surface area contributed by atoms with E-state index in [0.717, 1.165) is 56.8 Å². The van der Waals surface area contributed by atoms with Crippen molar-refractivity contribution in [2.75, 3.05) is 43.4 Å². The zero-order valence-corrected chi connectivity index (χ0v) is 21.8. The molecule has 0 aromatic carbocycles. The first kappa shape index (κ1) is 26.1. The fourth-order valence-corrected chi connectivity index (χ4v) is 4.73. The molecule has 1 aromatic heterocycles. The van der Waals surface area contributed by atoms with E-state index >= 15 is 0 Å². The van der Waals surface area contributed by atoms with Gasteiger partial charge in [-0.15, -0.1) is 24.0 Å². The first-order chi connectivity index (χ1) is 14.4. The molecular weight excluding hydrogens is 527 g/mol. The highest BCUT2D eigenvalue weighted by Crippen LogP contribution is 2.25. The molecule has 2 aliphatic rings. The summed E-state index contributed by atoms with van der Waals surface area (Å²) in [5.74, 6) is 2.27. The minimum Gasteiger partial charge on any atom is -0.357 e. The molecule has 31 heavy (non-hydrogen) atoms. The number of halogens is 1. The molecule has 10 heteroatoms. The van der Waals surface area contributed by atoms with Crippen molar-refractivity contribution < 1.29 is 8.42 Å². The molecule has 3 rings (SSSR count). The molecule has 1 saturated heterocycles. The van der Waals surface area contributed by atoms with Gasteiger partial charge in [-0.25, -0.2) is 18.1 Å². The molecule has 2 heterocycles. The van der Waals surface area contributed by atoms with Crippen molar-refractivity contribution in [3.05, 3.63) is 23.9 Å². The van der Waals surface area contributed by atoms with Gasteiger partial charge in [-0.05, 0) is 57.6 Å². The standard InChI is InChI=1S/C21H36N6O2S.HI/c1-3-22-21(23-12-15-30(28,29)24-16-18-7-5-8-18)26-19-10-13-27(14-11-19)20-9-4-6-17(2)25-20;/h4,6,9,18-19,24H,3,5,7-8,10-16H2,1-2H3,(H2,22,23,26);1H. The number of rotatable bonds is 9. The molecule has 1 aromatic rings. The number of aliphatic imine (C=N–C) groups is 1. The van der Waals surface area contributed by atoms with Crippen LogP contribution in [-0.2, 0) is 10.0 Å². The Morgan fingerprint density at radius 2 is 1.97 bits per heavy atom. The van der Waals surface area contributed by atoms with Crippen LogP contribution in [0.2, 0.25) is 0 Å². The SMILES string of the molecule is CCNC(=NCCS(=O)(=O)NCC1CCC1)NC1CCN(c2cccc(C)n2)CC1.I. The third-order valence-electron chi connectivity index (χ3n) is 5.82. The van der Waals surface area contributed by atoms with Crippen LogP contribution < -0.4 is 20.3 Å². The maximum absolute atomic E-state index is 12.2. The monoisotopic (exact) mass is 564 g/mol. The largest absolute Gasteiger partial charge is 0.357 e. The van der Waals surface area contributed by atoms with Crippen molar-refractivity contribution in [2.24, 2.45) is 10.9 Å². The van der Waals surface area contributed by atoms with Gasteiger partial charge in [0.05, 0.1) is 12.3 Å². The summed E-state index contributed by atoms with van der Waals surface area (Å²) in [6.45, 7) is 7.46. The summed E-state index contributed by atoms with van der Waals surface area (Å²) in [6, 6.07) is 6.44. The highest BCUT2D eigenvalue weighted by atomic mass is 127. The predicted octanol–water partition coefficient (Wildman–Crippen LogP) is 2.25. The van der Waals surface area contributed by atoms with Gasteiger partial charge in [0.1, 0.15) is 5.82 Å². The van der Waals surface area contributed by atoms with Crippen LogP contribution in [0.1, 0.15) is 44.7 Å². The van der Waals surface area contributed by atoms with Crippen LogP contribution in [0, 0.1) is 12.8 Å². The smallest absolute Gasteiger partial charge is 0.213 e. The lowest BCUT2D eigenvalue weighted by Gasteiger charge is -2.34. The average molecular weight is 565 g/mol. The first-order valence-corrected chi connectivity index (χ1v) is 12.8. The normalized spacial score (nSPS) is 18.3. The van der Waals surface area contributed by atoms with E-state index in [9.17, 15) is 8.42 Å². The van der Waals surface area contributed by atoms with Crippen molar-refractivity contribution in [1.82, 2.24) is 20.3 Å². The second-order valence-electron chi connectivity index (χ2n) is 8.27. The lowest BCUT2D eigenvalue weighted by Crippen LogP contribution is -2.49. The molecule has 2 fully saturated rings. The molecule has 0 radical (unpaired) electrons. The maximum atomic E-state index is 12.2. The van der Waals surface area contributed by atoms with Gasteiger partial charge in [0.25, 0.3) is 0 Å². The topological polar surface area (TPSA) is 98.7 Å². The Bertz CT molecular complexity index is 808. The van der Waals surface area contributed by atoms with Gasteiger partial charge in [-0.1, -0.05) is 12.5 Å². The second kappa shape index (κ2) is 12.8. The van der Waals surface area contributed by atoms with Gasteiger partial charge in [-0.2, -0.15) is 0 Å². The zero-order valence-electron chi connectivity index (χ0n) is 18.6. The summed E-state index contributed by atoms with van der Waals surface area (Å²) in [5, 5.41) is 6.70. The van der Waals surface area contributed by atoms with Crippen molar-refractivity contribution in [3.8, 4) is 0 Å². The summed E-state index contributed by atoms with van der Waals surface area (Å²) in [5.41, 5.74) is 1.03. The fourth-order valence-electron chi connectivity index (χ4n) is 3.76. The number of hydrogen-bond acceptors (Lipinski definition) is 5. The molecule has 0 bridgehead atoms. The van der Waals surface area contributed by atoms with Crippen LogP contribution in [0.4, 0.5) is 5.82 Å². The quantitative estimate of drug-likeness (QED) is 0.242. The van der Waals surface area contributed by atoms with Gasteiger partial charge in [0.15, 0.2) is 5.96 Å². The minimum absolute atomic E-state index is 0. The summed E-state index contributed by atoms with van der Waals surface area (Å²) in [4.78, 5) is 11.4. The first-order valence-electron chi connectivity index (χ1n) is 11.2. The Morgan fingerprint density at radius 3 is 2.58 bits per heavy atom. The second-order valence-corrected chi connectivity index (χ2v) is 10.2. The van der Waals surface area contributed by atoms with Crippen LogP contribution in [-0.4, -0.2) is 63.9 Å². The third-order valence-corrected chi connectivity index (χ3v) is 7.15. The molecule has 8 nitrogen and oxygen atoms in total. The van der Waals surface area contributed by atoms with E-state index < -0.39 is 10.0 Å². The molecular formula is C21H37IN6O2S. The number of aryl methyl sites for hydroxylation is 1. The number of hydrogen-bond donors (Lipinski definition) is 3. The molecule has 1 saturated carbocycles. The Kier molecular flexibility index (Phi) is 10.8. The number of sulfonamides is 1. The van der Waals surface area contributed by atoms with Crippen molar-refractivity contribution >= 4 is 45.8 Å². The highest BCUT2D eigenvalue weighted by Gasteiger charge is 2.22. The van der Waals surface area contributed by atoms with E-state index in [1.54, 1.807) is 0 Å². The van der Waals surface area contributed by atoms with Crippen molar-refractivity contribution in [2.45, 2.75) is 52.0 Å².